The number of aliphatic carboxylic acids is 2. The van der Waals surface area contributed by atoms with Crippen LogP contribution in [0.25, 0.3) is 0 Å². The van der Waals surface area contributed by atoms with Crippen LogP contribution in [0.1, 0.15) is 58.8 Å². The van der Waals surface area contributed by atoms with Gasteiger partial charge in [0.1, 0.15) is 18.1 Å². The maximum absolute atomic E-state index is 13.1. The van der Waals surface area contributed by atoms with E-state index < -0.39 is 66.2 Å². The lowest BCUT2D eigenvalue weighted by Gasteiger charge is -2.26. The number of guanidine groups is 1. The quantitative estimate of drug-likeness (QED) is 0.0450. The largest absolute Gasteiger partial charge is 0.481 e. The lowest BCUT2D eigenvalue weighted by Crippen LogP contribution is -2.57. The molecule has 16 heteroatoms. The van der Waals surface area contributed by atoms with Gasteiger partial charge >= 0.3 is 11.9 Å². The molecular weight excluding hydrogens is 504 g/mol. The summed E-state index contributed by atoms with van der Waals surface area (Å²) in [7, 11) is 0. The smallest absolute Gasteiger partial charge is 0.326 e. The Morgan fingerprint density at radius 2 is 1.29 bits per heavy atom. The summed E-state index contributed by atoms with van der Waals surface area (Å²) in [6, 6.07) is -5.07. The van der Waals surface area contributed by atoms with Crippen LogP contribution in [-0.4, -0.2) is 82.5 Å². The molecule has 0 aromatic carbocycles. The molecule has 0 bridgehead atoms. The van der Waals surface area contributed by atoms with Gasteiger partial charge in [0.05, 0.1) is 6.04 Å². The molecule has 5 atom stereocenters. The second kappa shape index (κ2) is 17.5. The first-order chi connectivity index (χ1) is 17.7. The average Bonchev–Trinajstić information content (AvgIpc) is 2.83. The standard InChI is InChI=1S/C22H40N8O8/c1-3-11(2)17(24)20(36)29-13(7-9-16(32)33)19(35)28-12(5-4-10-27-22(25)26)18(34)30-14(21(37)38)6-8-15(23)31/h11-14,17H,3-10,24H2,1-2H3,(H2,23,31)(H,28,35)(H,29,36)(H,30,34)(H,32,33)(H,37,38)(H4,25,26,27). The molecule has 0 aliphatic rings. The van der Waals surface area contributed by atoms with Crippen molar-refractivity contribution in [3.05, 3.63) is 0 Å². The molecule has 0 fully saturated rings. The van der Waals surface area contributed by atoms with Crippen molar-refractivity contribution in [1.82, 2.24) is 16.0 Å². The summed E-state index contributed by atoms with van der Waals surface area (Å²) in [5, 5.41) is 25.6. The van der Waals surface area contributed by atoms with Gasteiger partial charge in [0.15, 0.2) is 5.96 Å². The Bertz CT molecular complexity index is 877. The Labute approximate surface area is 220 Å². The number of carboxylic acid groups (broad SMARTS) is 2. The van der Waals surface area contributed by atoms with E-state index in [0.29, 0.717) is 6.42 Å². The van der Waals surface area contributed by atoms with E-state index in [1.54, 1.807) is 6.92 Å². The third-order valence-electron chi connectivity index (χ3n) is 5.71. The maximum atomic E-state index is 13.1. The van der Waals surface area contributed by atoms with Gasteiger partial charge in [0.2, 0.25) is 23.6 Å². The van der Waals surface area contributed by atoms with Crippen LogP contribution in [0.3, 0.4) is 0 Å². The first-order valence-corrected chi connectivity index (χ1v) is 12.1. The first kappa shape index (κ1) is 34.0. The summed E-state index contributed by atoms with van der Waals surface area (Å²) in [5.41, 5.74) is 21.5. The Kier molecular flexibility index (Phi) is 15.7. The van der Waals surface area contributed by atoms with Crippen LogP contribution in [0.2, 0.25) is 0 Å². The van der Waals surface area contributed by atoms with E-state index in [4.69, 9.17) is 28.0 Å². The van der Waals surface area contributed by atoms with Gasteiger partial charge in [-0.3, -0.25) is 29.0 Å². The van der Waals surface area contributed by atoms with E-state index >= 15 is 0 Å². The zero-order chi connectivity index (χ0) is 29.4. The molecule has 0 saturated heterocycles. The molecule has 38 heavy (non-hydrogen) atoms. The monoisotopic (exact) mass is 544 g/mol. The van der Waals surface area contributed by atoms with E-state index in [-0.39, 0.29) is 50.5 Å². The number of amides is 4. The van der Waals surface area contributed by atoms with Crippen LogP contribution in [-0.2, 0) is 28.8 Å². The third-order valence-corrected chi connectivity index (χ3v) is 5.71. The number of nitrogens with zero attached hydrogens (tertiary/aromatic N) is 1. The zero-order valence-electron chi connectivity index (χ0n) is 21.6. The number of carbonyl (C=O) groups is 6. The van der Waals surface area contributed by atoms with Gasteiger partial charge in [-0.15, -0.1) is 0 Å². The van der Waals surface area contributed by atoms with Gasteiger partial charge in [-0.05, 0) is 31.6 Å². The van der Waals surface area contributed by atoms with Crippen molar-refractivity contribution >= 4 is 41.5 Å². The van der Waals surface area contributed by atoms with Crippen LogP contribution in [0.4, 0.5) is 0 Å². The Hall–Kier alpha value is -3.95. The first-order valence-electron chi connectivity index (χ1n) is 12.1. The molecule has 13 N–H and O–H groups in total. The molecule has 0 spiro atoms. The minimum absolute atomic E-state index is 0.0392. The van der Waals surface area contributed by atoms with Crippen LogP contribution < -0.4 is 38.9 Å². The van der Waals surface area contributed by atoms with Crippen molar-refractivity contribution in [2.24, 2.45) is 33.8 Å². The van der Waals surface area contributed by atoms with Crippen molar-refractivity contribution in [3.63, 3.8) is 0 Å². The van der Waals surface area contributed by atoms with Crippen molar-refractivity contribution in [2.45, 2.75) is 83.0 Å². The molecule has 0 saturated carbocycles. The van der Waals surface area contributed by atoms with Crippen molar-refractivity contribution < 1.29 is 39.0 Å². The number of nitrogens with one attached hydrogen (secondary N) is 3. The van der Waals surface area contributed by atoms with Crippen LogP contribution in [0.15, 0.2) is 4.99 Å². The van der Waals surface area contributed by atoms with Crippen LogP contribution >= 0.6 is 0 Å². The second-order valence-electron chi connectivity index (χ2n) is 8.82. The third kappa shape index (κ3) is 14.0. The Morgan fingerprint density at radius 1 is 0.789 bits per heavy atom. The van der Waals surface area contributed by atoms with Crippen LogP contribution in [0.5, 0.6) is 0 Å². The average molecular weight is 545 g/mol. The van der Waals surface area contributed by atoms with E-state index in [0.717, 1.165) is 0 Å². The zero-order valence-corrected chi connectivity index (χ0v) is 21.6. The minimum Gasteiger partial charge on any atom is -0.481 e. The fourth-order valence-corrected chi connectivity index (χ4v) is 3.18. The number of hydrogen-bond donors (Lipinski definition) is 9. The number of primary amides is 1. The second-order valence-corrected chi connectivity index (χ2v) is 8.82. The molecule has 0 rings (SSSR count). The molecule has 216 valence electrons. The predicted octanol–water partition coefficient (Wildman–Crippen LogP) is -2.92. The van der Waals surface area contributed by atoms with Gasteiger partial charge in [-0.25, -0.2) is 4.79 Å². The predicted molar refractivity (Wildman–Crippen MR) is 136 cm³/mol. The highest BCUT2D eigenvalue weighted by atomic mass is 16.4. The number of rotatable bonds is 19. The summed E-state index contributed by atoms with van der Waals surface area (Å²) in [6.07, 6.45) is -0.609. The Morgan fingerprint density at radius 3 is 1.76 bits per heavy atom. The Balaban J connectivity index is 5.76. The fraction of sp³-hybridized carbons (Fsp3) is 0.682. The number of aliphatic imine (C=N–C) groups is 1. The molecule has 0 heterocycles. The normalized spacial score (nSPS) is 14.6. The molecule has 0 aromatic heterocycles. The highest BCUT2D eigenvalue weighted by molar-refractivity contribution is 5.94. The molecule has 0 radical (unpaired) electrons. The minimum atomic E-state index is -1.47. The van der Waals surface area contributed by atoms with E-state index in [2.05, 4.69) is 20.9 Å². The van der Waals surface area contributed by atoms with Gasteiger partial charge in [0, 0.05) is 19.4 Å². The highest BCUT2D eigenvalue weighted by Gasteiger charge is 2.31. The lowest BCUT2D eigenvalue weighted by atomic mass is 9.98. The van der Waals surface area contributed by atoms with Crippen LogP contribution in [0, 0.1) is 5.92 Å². The van der Waals surface area contributed by atoms with Gasteiger partial charge < -0.3 is 49.1 Å². The summed E-state index contributed by atoms with van der Waals surface area (Å²) in [6.45, 7) is 3.66. The van der Waals surface area contributed by atoms with Gasteiger partial charge in [-0.1, -0.05) is 20.3 Å². The van der Waals surface area contributed by atoms with Crippen molar-refractivity contribution in [2.75, 3.05) is 6.54 Å². The number of carbonyl (C=O) groups excluding carboxylic acids is 4. The lowest BCUT2D eigenvalue weighted by molar-refractivity contribution is -0.142. The number of nitrogens with two attached hydrogens (primary N) is 4. The highest BCUT2D eigenvalue weighted by Crippen LogP contribution is 2.08. The summed E-state index contributed by atoms with van der Waals surface area (Å²) in [5.74, 6) is -6.25. The fourth-order valence-electron chi connectivity index (χ4n) is 3.18. The van der Waals surface area contributed by atoms with Gasteiger partial charge in [0.25, 0.3) is 0 Å². The summed E-state index contributed by atoms with van der Waals surface area (Å²) >= 11 is 0. The molecule has 4 amide bonds. The van der Waals surface area contributed by atoms with E-state index in [1.807, 2.05) is 6.92 Å². The molecule has 0 aliphatic heterocycles. The van der Waals surface area contributed by atoms with Crippen molar-refractivity contribution in [1.29, 1.82) is 0 Å². The topological polar surface area (TPSA) is 295 Å². The SMILES string of the molecule is CCC(C)C(N)C(=O)NC(CCC(=O)O)C(=O)NC(CCCN=C(N)N)C(=O)NC(CCC(N)=O)C(=O)O. The maximum Gasteiger partial charge on any atom is 0.326 e. The van der Waals surface area contributed by atoms with E-state index in [1.165, 1.54) is 0 Å². The van der Waals surface area contributed by atoms with Gasteiger partial charge in [-0.2, -0.15) is 0 Å². The molecule has 16 nitrogen and oxygen atoms in total. The molecule has 0 aliphatic carbocycles. The molecule has 0 aromatic rings. The van der Waals surface area contributed by atoms with E-state index in [9.17, 15) is 33.9 Å². The number of carboxylic acids is 2. The number of hydrogen-bond acceptors (Lipinski definition) is 8. The molecular formula is C22H40N8O8. The summed E-state index contributed by atoms with van der Waals surface area (Å²) in [4.78, 5) is 76.0. The summed E-state index contributed by atoms with van der Waals surface area (Å²) < 4.78 is 0. The molecule has 5 unspecified atom stereocenters. The van der Waals surface area contributed by atoms with Crippen molar-refractivity contribution in [3.8, 4) is 0 Å².